The van der Waals surface area contributed by atoms with Crippen molar-refractivity contribution in [1.82, 2.24) is 0 Å². The normalized spacial score (nSPS) is 13.3. The molecule has 0 aliphatic heterocycles. The molecule has 1 N–H and O–H groups in total. The Labute approximate surface area is 105 Å². The van der Waals surface area contributed by atoms with E-state index in [1.807, 2.05) is 0 Å². The highest BCUT2D eigenvalue weighted by Gasteiger charge is 2.41. The summed E-state index contributed by atoms with van der Waals surface area (Å²) in [5, 5.41) is 3.30. The lowest BCUT2D eigenvalue weighted by Gasteiger charge is -2.21. The van der Waals surface area contributed by atoms with Crippen LogP contribution in [0.1, 0.15) is 0 Å². The van der Waals surface area contributed by atoms with Gasteiger partial charge < -0.3 is 4.43 Å². The third kappa shape index (κ3) is 5.22. The molecule has 18 heavy (non-hydrogen) atoms. The van der Waals surface area contributed by atoms with Gasteiger partial charge in [0.1, 0.15) is 0 Å². The number of alkyl halides is 3. The first kappa shape index (κ1) is 14.6. The van der Waals surface area contributed by atoms with Crippen molar-refractivity contribution >= 4 is 19.9 Å². The number of benzene rings is 1. The van der Waals surface area contributed by atoms with Crippen LogP contribution in [0.2, 0.25) is 19.6 Å². The second kappa shape index (κ2) is 5.43. The molecule has 0 fully saturated rings. The molecule has 0 saturated carbocycles. The van der Waals surface area contributed by atoms with Crippen LogP contribution in [-0.4, -0.2) is 20.4 Å². The molecule has 0 atom stereocenters. The predicted octanol–water partition coefficient (Wildman–Crippen LogP) is 3.83. The summed E-state index contributed by atoms with van der Waals surface area (Å²) in [6.45, 7) is 4.99. The van der Waals surface area contributed by atoms with Crippen LogP contribution in [-0.2, 0) is 4.43 Å². The zero-order chi connectivity index (χ0) is 13.8. The Morgan fingerprint density at radius 3 is 2.17 bits per heavy atom. The highest BCUT2D eigenvalue weighted by molar-refractivity contribution is 6.71. The van der Waals surface area contributed by atoms with E-state index in [1.165, 1.54) is 0 Å². The van der Waals surface area contributed by atoms with Crippen molar-refractivity contribution in [3.8, 4) is 0 Å². The van der Waals surface area contributed by atoms with E-state index in [2.05, 4.69) is 10.5 Å². The van der Waals surface area contributed by atoms with Gasteiger partial charge in [-0.05, 0) is 31.8 Å². The quantitative estimate of drug-likeness (QED) is 0.394. The molecule has 0 aliphatic carbocycles. The second-order valence-electron chi connectivity index (χ2n) is 4.61. The minimum absolute atomic E-state index is 0.471. The third-order valence-corrected chi connectivity index (χ3v) is 2.51. The molecule has 1 aromatic carbocycles. The van der Waals surface area contributed by atoms with Crippen molar-refractivity contribution < 1.29 is 17.6 Å². The molecule has 7 heteroatoms. The fourth-order valence-corrected chi connectivity index (χ4v) is 1.80. The van der Waals surface area contributed by atoms with E-state index in [0.717, 1.165) is 0 Å². The zero-order valence-electron chi connectivity index (χ0n) is 10.4. The Morgan fingerprint density at radius 2 is 1.72 bits per heavy atom. The third-order valence-electron chi connectivity index (χ3n) is 1.71. The molecule has 100 valence electrons. The van der Waals surface area contributed by atoms with Crippen molar-refractivity contribution in [2.75, 3.05) is 5.43 Å². The van der Waals surface area contributed by atoms with E-state index in [1.54, 1.807) is 50.0 Å². The molecule has 0 bridgehead atoms. The Bertz CT molecular complexity index is 413. The molecular weight excluding hydrogens is 261 g/mol. The molecule has 0 spiro atoms. The van der Waals surface area contributed by atoms with Gasteiger partial charge in [-0.25, -0.2) is 0 Å². The van der Waals surface area contributed by atoms with Gasteiger partial charge in [0.05, 0.1) is 5.69 Å². The van der Waals surface area contributed by atoms with Gasteiger partial charge in [-0.3, -0.25) is 5.43 Å². The number of hydrogen-bond acceptors (Lipinski definition) is 3. The van der Waals surface area contributed by atoms with Crippen molar-refractivity contribution in [2.45, 2.75) is 25.8 Å². The fraction of sp³-hybridized carbons (Fsp3) is 0.364. The number of hydrazone groups is 1. The molecule has 3 nitrogen and oxygen atoms in total. The maximum atomic E-state index is 12.7. The van der Waals surface area contributed by atoms with Gasteiger partial charge in [-0.2, -0.15) is 13.2 Å². The fourth-order valence-electron chi connectivity index (χ4n) is 1.06. The number of nitrogens with one attached hydrogen (secondary N) is 1. The summed E-state index contributed by atoms with van der Waals surface area (Å²) >= 11 is 0. The average molecular weight is 276 g/mol. The summed E-state index contributed by atoms with van der Waals surface area (Å²) in [4.78, 5) is 0. The van der Waals surface area contributed by atoms with Crippen LogP contribution in [0.4, 0.5) is 18.9 Å². The first-order valence-corrected chi connectivity index (χ1v) is 8.74. The Morgan fingerprint density at radius 1 is 1.17 bits per heavy atom. The number of rotatable bonds is 3. The van der Waals surface area contributed by atoms with Gasteiger partial charge in [0.2, 0.25) is 8.32 Å². The van der Waals surface area contributed by atoms with Crippen LogP contribution in [0, 0.1) is 0 Å². The summed E-state index contributed by atoms with van der Waals surface area (Å²) < 4.78 is 43.0. The van der Waals surface area contributed by atoms with Crippen LogP contribution in [0.15, 0.2) is 35.4 Å². The molecule has 0 heterocycles. The van der Waals surface area contributed by atoms with Crippen molar-refractivity contribution in [1.29, 1.82) is 0 Å². The smallest absolute Gasteiger partial charge is 0.468 e. The molecule has 1 aromatic rings. The van der Waals surface area contributed by atoms with Gasteiger partial charge in [0, 0.05) is 0 Å². The molecule has 0 unspecified atom stereocenters. The number of halogens is 3. The summed E-state index contributed by atoms with van der Waals surface area (Å²) in [6, 6.07) is 8.39. The molecular formula is C11H15F3N2OSi. The van der Waals surface area contributed by atoms with Crippen LogP contribution in [0.5, 0.6) is 0 Å². The van der Waals surface area contributed by atoms with E-state index >= 15 is 0 Å². The lowest BCUT2D eigenvalue weighted by Crippen LogP contribution is -2.37. The van der Waals surface area contributed by atoms with E-state index in [0.29, 0.717) is 5.69 Å². The van der Waals surface area contributed by atoms with Crippen LogP contribution in [0.3, 0.4) is 0 Å². The molecule has 0 aromatic heterocycles. The van der Waals surface area contributed by atoms with E-state index in [4.69, 9.17) is 4.43 Å². The lowest BCUT2D eigenvalue weighted by molar-refractivity contribution is -0.0716. The Kier molecular flexibility index (Phi) is 4.39. The largest absolute Gasteiger partial charge is 0.527 e. The maximum absolute atomic E-state index is 12.7. The predicted molar refractivity (Wildman–Crippen MR) is 68.0 cm³/mol. The number of anilines is 1. The summed E-state index contributed by atoms with van der Waals surface area (Å²) in [5.74, 6) is -1.23. The minimum Gasteiger partial charge on any atom is -0.527 e. The van der Waals surface area contributed by atoms with Crippen LogP contribution in [0.25, 0.3) is 0 Å². The molecule has 0 aliphatic rings. The summed E-state index contributed by atoms with van der Waals surface area (Å²) in [6.07, 6.45) is -4.60. The van der Waals surface area contributed by atoms with Gasteiger partial charge >= 0.3 is 12.1 Å². The minimum atomic E-state index is -4.60. The highest BCUT2D eigenvalue weighted by Crippen LogP contribution is 2.21. The van der Waals surface area contributed by atoms with Crippen LogP contribution >= 0.6 is 0 Å². The van der Waals surface area contributed by atoms with Crippen molar-refractivity contribution in [3.05, 3.63) is 30.3 Å². The number of para-hydroxylation sites is 1. The van der Waals surface area contributed by atoms with Gasteiger partial charge in [-0.1, -0.05) is 18.2 Å². The maximum Gasteiger partial charge on any atom is 0.468 e. The Balaban J connectivity index is 2.84. The summed E-state index contributed by atoms with van der Waals surface area (Å²) in [7, 11) is -2.36. The van der Waals surface area contributed by atoms with Crippen molar-refractivity contribution in [2.24, 2.45) is 5.10 Å². The first-order chi connectivity index (χ1) is 8.18. The topological polar surface area (TPSA) is 33.6 Å². The van der Waals surface area contributed by atoms with E-state index in [-0.39, 0.29) is 0 Å². The molecule has 0 radical (unpaired) electrons. The Hall–Kier alpha value is -1.50. The lowest BCUT2D eigenvalue weighted by atomic mass is 10.3. The zero-order valence-corrected chi connectivity index (χ0v) is 11.4. The number of hydrogen-bond donors (Lipinski definition) is 1. The van der Waals surface area contributed by atoms with Gasteiger partial charge in [0.15, 0.2) is 0 Å². The summed E-state index contributed by atoms with van der Waals surface area (Å²) in [5.41, 5.74) is 2.81. The SMILES string of the molecule is C[Si](C)(C)O/C(=N/Nc1ccccc1)C(F)(F)F. The van der Waals surface area contributed by atoms with Gasteiger partial charge in [0.25, 0.3) is 0 Å². The number of nitrogens with zero attached hydrogens (tertiary/aromatic N) is 1. The standard InChI is InChI=1S/C11H15F3N2OSi/c1-18(2,3)17-10(11(12,13)14)16-15-9-7-5-4-6-8-9/h4-8,15H,1-3H3/b16-10+. The first-order valence-electron chi connectivity index (χ1n) is 5.33. The highest BCUT2D eigenvalue weighted by atomic mass is 28.4. The molecule has 1 rings (SSSR count). The monoisotopic (exact) mass is 276 g/mol. The van der Waals surface area contributed by atoms with Gasteiger partial charge in [-0.15, -0.1) is 5.10 Å². The van der Waals surface area contributed by atoms with Crippen LogP contribution < -0.4 is 5.43 Å². The van der Waals surface area contributed by atoms with Crippen molar-refractivity contribution in [3.63, 3.8) is 0 Å². The molecule has 0 saturated heterocycles. The van der Waals surface area contributed by atoms with E-state index < -0.39 is 20.4 Å². The van der Waals surface area contributed by atoms with E-state index in [9.17, 15) is 13.2 Å². The molecule has 0 amide bonds. The second-order valence-corrected chi connectivity index (χ2v) is 9.04. The average Bonchev–Trinajstić information content (AvgIpc) is 2.22.